The second-order valence-electron chi connectivity index (χ2n) is 4.35. The van der Waals surface area contributed by atoms with Gasteiger partial charge in [-0.1, -0.05) is 17.7 Å². The van der Waals surface area contributed by atoms with Crippen molar-refractivity contribution in [2.75, 3.05) is 6.54 Å². The van der Waals surface area contributed by atoms with Crippen LogP contribution in [-0.2, 0) is 5.41 Å². The minimum Gasteiger partial charge on any atom is -0.330 e. The lowest BCUT2D eigenvalue weighted by Crippen LogP contribution is -2.22. The third kappa shape index (κ3) is 1.35. The summed E-state index contributed by atoms with van der Waals surface area (Å²) in [7, 11) is 0. The predicted molar refractivity (Wildman–Crippen MR) is 60.9 cm³/mol. The quantitative estimate of drug-likeness (QED) is 0.797. The number of aryl methyl sites for hydroxylation is 1. The van der Waals surface area contributed by atoms with E-state index >= 15 is 0 Å². The normalized spacial score (nSPS) is 18.3. The largest absolute Gasteiger partial charge is 0.330 e. The smallest absolute Gasteiger partial charge is 0.0438 e. The first-order chi connectivity index (χ1) is 6.60. The lowest BCUT2D eigenvalue weighted by molar-refractivity contribution is 0.694. The van der Waals surface area contributed by atoms with Crippen molar-refractivity contribution in [3.05, 3.63) is 33.8 Å². The number of benzene rings is 1. The Kier molecular flexibility index (Phi) is 2.32. The van der Waals surface area contributed by atoms with Crippen molar-refractivity contribution < 1.29 is 0 Å². The molecule has 0 aliphatic heterocycles. The summed E-state index contributed by atoms with van der Waals surface area (Å²) in [5.74, 6) is 0. The SMILES string of the molecule is Cc1ccc(Cl)c(C)c1C1(CN)CC1. The second kappa shape index (κ2) is 3.25. The Bertz CT molecular complexity index is 367. The Balaban J connectivity index is 2.57. The van der Waals surface area contributed by atoms with Crippen LogP contribution in [0.4, 0.5) is 0 Å². The maximum atomic E-state index is 6.14. The minimum atomic E-state index is 0.249. The molecule has 2 rings (SSSR count). The van der Waals surface area contributed by atoms with Gasteiger partial charge >= 0.3 is 0 Å². The van der Waals surface area contributed by atoms with E-state index in [9.17, 15) is 0 Å². The van der Waals surface area contributed by atoms with Gasteiger partial charge in [-0.2, -0.15) is 0 Å². The first-order valence-corrected chi connectivity index (χ1v) is 5.45. The van der Waals surface area contributed by atoms with Crippen LogP contribution in [-0.4, -0.2) is 6.54 Å². The van der Waals surface area contributed by atoms with Crippen LogP contribution >= 0.6 is 11.6 Å². The third-order valence-electron chi connectivity index (χ3n) is 3.38. The topological polar surface area (TPSA) is 26.0 Å². The van der Waals surface area contributed by atoms with E-state index in [1.807, 2.05) is 6.07 Å². The molecule has 0 bridgehead atoms. The molecule has 2 heteroatoms. The van der Waals surface area contributed by atoms with Crippen molar-refractivity contribution in [3.63, 3.8) is 0 Å². The van der Waals surface area contributed by atoms with Gasteiger partial charge in [-0.15, -0.1) is 0 Å². The number of rotatable bonds is 2. The maximum absolute atomic E-state index is 6.14. The van der Waals surface area contributed by atoms with Crippen LogP contribution in [0.3, 0.4) is 0 Å². The summed E-state index contributed by atoms with van der Waals surface area (Å²) in [5, 5.41) is 0.866. The van der Waals surface area contributed by atoms with E-state index in [0.717, 1.165) is 11.6 Å². The highest BCUT2D eigenvalue weighted by molar-refractivity contribution is 6.31. The summed E-state index contributed by atoms with van der Waals surface area (Å²) in [6, 6.07) is 4.07. The van der Waals surface area contributed by atoms with Crippen molar-refractivity contribution in [1.29, 1.82) is 0 Å². The van der Waals surface area contributed by atoms with Gasteiger partial charge < -0.3 is 5.73 Å². The van der Waals surface area contributed by atoms with E-state index in [4.69, 9.17) is 17.3 Å². The van der Waals surface area contributed by atoms with Gasteiger partial charge in [-0.25, -0.2) is 0 Å². The molecule has 14 heavy (non-hydrogen) atoms. The van der Waals surface area contributed by atoms with Crippen molar-refractivity contribution in [3.8, 4) is 0 Å². The molecule has 1 nitrogen and oxygen atoms in total. The fourth-order valence-corrected chi connectivity index (χ4v) is 2.50. The lowest BCUT2D eigenvalue weighted by atomic mass is 9.88. The zero-order valence-electron chi connectivity index (χ0n) is 8.73. The molecule has 0 amide bonds. The van der Waals surface area contributed by atoms with Crippen molar-refractivity contribution in [2.45, 2.75) is 32.1 Å². The van der Waals surface area contributed by atoms with Gasteiger partial charge in [0.15, 0.2) is 0 Å². The first-order valence-electron chi connectivity index (χ1n) is 5.07. The zero-order chi connectivity index (χ0) is 10.3. The summed E-state index contributed by atoms with van der Waals surface area (Å²) in [6.45, 7) is 4.99. The van der Waals surface area contributed by atoms with E-state index < -0.39 is 0 Å². The minimum absolute atomic E-state index is 0.249. The average Bonchev–Trinajstić information content (AvgIpc) is 2.93. The Morgan fingerprint density at radius 2 is 2.00 bits per heavy atom. The number of hydrogen-bond acceptors (Lipinski definition) is 1. The maximum Gasteiger partial charge on any atom is 0.0438 e. The molecular formula is C12H16ClN. The molecule has 1 fully saturated rings. The fraction of sp³-hybridized carbons (Fsp3) is 0.500. The molecule has 0 unspecified atom stereocenters. The van der Waals surface area contributed by atoms with Gasteiger partial charge in [0.2, 0.25) is 0 Å². The summed E-state index contributed by atoms with van der Waals surface area (Å²) in [4.78, 5) is 0. The van der Waals surface area contributed by atoms with E-state index in [2.05, 4.69) is 19.9 Å². The van der Waals surface area contributed by atoms with Crippen LogP contribution in [0.5, 0.6) is 0 Å². The number of nitrogens with two attached hydrogens (primary N) is 1. The molecule has 76 valence electrons. The average molecular weight is 210 g/mol. The fourth-order valence-electron chi connectivity index (χ4n) is 2.34. The highest BCUT2D eigenvalue weighted by Gasteiger charge is 2.44. The van der Waals surface area contributed by atoms with Gasteiger partial charge in [0.05, 0.1) is 0 Å². The van der Waals surface area contributed by atoms with Gasteiger partial charge in [-0.3, -0.25) is 0 Å². The summed E-state index contributed by atoms with van der Waals surface area (Å²) in [6.07, 6.45) is 2.43. The molecular weight excluding hydrogens is 194 g/mol. The Morgan fingerprint density at radius 3 is 2.50 bits per heavy atom. The number of hydrogen-bond donors (Lipinski definition) is 1. The standard InChI is InChI=1S/C12H16ClN/c1-8-3-4-10(13)9(2)11(8)12(7-14)5-6-12/h3-4H,5-7,14H2,1-2H3. The third-order valence-corrected chi connectivity index (χ3v) is 3.79. The highest BCUT2D eigenvalue weighted by atomic mass is 35.5. The molecule has 1 aliphatic carbocycles. The lowest BCUT2D eigenvalue weighted by Gasteiger charge is -2.19. The predicted octanol–water partition coefficient (Wildman–Crippen LogP) is 2.95. The van der Waals surface area contributed by atoms with E-state index in [-0.39, 0.29) is 5.41 Å². The van der Waals surface area contributed by atoms with Crippen molar-refractivity contribution in [2.24, 2.45) is 5.73 Å². The number of halogens is 1. The molecule has 1 aromatic carbocycles. The van der Waals surface area contributed by atoms with Gasteiger partial charge in [0.1, 0.15) is 0 Å². The molecule has 0 radical (unpaired) electrons. The Hall–Kier alpha value is -0.530. The molecule has 0 heterocycles. The van der Waals surface area contributed by atoms with Gasteiger partial charge in [0.25, 0.3) is 0 Å². The van der Waals surface area contributed by atoms with Crippen LogP contribution < -0.4 is 5.73 Å². The Morgan fingerprint density at radius 1 is 1.36 bits per heavy atom. The molecule has 1 aromatic rings. The van der Waals surface area contributed by atoms with Gasteiger partial charge in [-0.05, 0) is 49.4 Å². The van der Waals surface area contributed by atoms with Crippen LogP contribution in [0.1, 0.15) is 29.5 Å². The van der Waals surface area contributed by atoms with Crippen LogP contribution in [0.2, 0.25) is 5.02 Å². The summed E-state index contributed by atoms with van der Waals surface area (Å²) >= 11 is 6.14. The summed E-state index contributed by atoms with van der Waals surface area (Å²) in [5.41, 5.74) is 10.0. The van der Waals surface area contributed by atoms with Crippen LogP contribution in [0.15, 0.2) is 12.1 Å². The first kappa shape index (κ1) is 10.0. The molecule has 1 aliphatic rings. The monoisotopic (exact) mass is 209 g/mol. The van der Waals surface area contributed by atoms with Crippen molar-refractivity contribution in [1.82, 2.24) is 0 Å². The van der Waals surface area contributed by atoms with E-state index in [0.29, 0.717) is 0 Å². The van der Waals surface area contributed by atoms with E-state index in [1.165, 1.54) is 29.5 Å². The molecule has 2 N–H and O–H groups in total. The van der Waals surface area contributed by atoms with Gasteiger partial charge in [0, 0.05) is 17.0 Å². The second-order valence-corrected chi connectivity index (χ2v) is 4.76. The molecule has 1 saturated carbocycles. The molecule has 0 saturated heterocycles. The molecule has 0 aromatic heterocycles. The molecule has 0 atom stereocenters. The van der Waals surface area contributed by atoms with Crippen LogP contribution in [0, 0.1) is 13.8 Å². The highest BCUT2D eigenvalue weighted by Crippen LogP contribution is 2.50. The van der Waals surface area contributed by atoms with E-state index in [1.54, 1.807) is 0 Å². The Labute approximate surface area is 90.3 Å². The van der Waals surface area contributed by atoms with Crippen molar-refractivity contribution >= 4 is 11.6 Å². The molecule has 0 spiro atoms. The van der Waals surface area contributed by atoms with Crippen LogP contribution in [0.25, 0.3) is 0 Å². The zero-order valence-corrected chi connectivity index (χ0v) is 9.49. The summed E-state index contributed by atoms with van der Waals surface area (Å²) < 4.78 is 0.